The summed E-state index contributed by atoms with van der Waals surface area (Å²) < 4.78 is 5.61. The molecule has 2 saturated carbocycles. The molecule has 0 amide bonds. The van der Waals surface area contributed by atoms with Crippen LogP contribution in [0.5, 0.6) is 0 Å². The molecule has 0 spiro atoms. The minimum absolute atomic E-state index is 0.362. The van der Waals surface area contributed by atoms with Crippen molar-refractivity contribution in [3.63, 3.8) is 0 Å². The maximum atomic E-state index is 5.61. The van der Waals surface area contributed by atoms with E-state index in [-0.39, 0.29) is 0 Å². The summed E-state index contributed by atoms with van der Waals surface area (Å²) in [6.45, 7) is 13.6. The Balaban J connectivity index is 1.78. The molecule has 2 rings (SSSR count). The molecule has 1 unspecified atom stereocenters. The van der Waals surface area contributed by atoms with E-state index in [0.29, 0.717) is 23.0 Å². The first kappa shape index (κ1) is 14.3. The van der Waals surface area contributed by atoms with Gasteiger partial charge in [-0.25, -0.2) is 0 Å². The Labute approximate surface area is 113 Å². The van der Waals surface area contributed by atoms with Gasteiger partial charge in [-0.15, -0.1) is 0 Å². The predicted octanol–water partition coefficient (Wildman–Crippen LogP) is 3.61. The Kier molecular flexibility index (Phi) is 4.08. The lowest BCUT2D eigenvalue weighted by Gasteiger charge is -2.43. The molecule has 0 saturated heterocycles. The van der Waals surface area contributed by atoms with E-state index in [2.05, 4.69) is 39.9 Å². The number of nitrogens with one attached hydrogen (secondary N) is 1. The number of hydrogen-bond acceptors (Lipinski definition) is 2. The molecule has 2 aliphatic rings. The standard InChI is InChI=1S/C16H31NO/c1-12(2)18-10-6-9-17-14-15(3,4)13-7-8-16(14,5)11-13/h12-14,17H,6-11H2,1-5H3/t13-,14?,16+/m0/s1. The number of rotatable bonds is 6. The van der Waals surface area contributed by atoms with Gasteiger partial charge in [0.2, 0.25) is 0 Å². The van der Waals surface area contributed by atoms with Crippen LogP contribution < -0.4 is 5.32 Å². The highest BCUT2D eigenvalue weighted by Crippen LogP contribution is 2.62. The Bertz CT molecular complexity index is 282. The topological polar surface area (TPSA) is 21.3 Å². The largest absolute Gasteiger partial charge is 0.379 e. The number of ether oxygens (including phenoxy) is 1. The quantitative estimate of drug-likeness (QED) is 0.730. The molecule has 0 aromatic carbocycles. The number of hydrogen-bond donors (Lipinski definition) is 1. The first-order chi connectivity index (χ1) is 8.36. The summed E-state index contributed by atoms with van der Waals surface area (Å²) in [5, 5.41) is 3.84. The highest BCUT2D eigenvalue weighted by Gasteiger charge is 2.58. The van der Waals surface area contributed by atoms with E-state index in [9.17, 15) is 0 Å². The van der Waals surface area contributed by atoms with Crippen molar-refractivity contribution in [2.75, 3.05) is 13.2 Å². The van der Waals surface area contributed by atoms with Gasteiger partial charge in [-0.3, -0.25) is 0 Å². The van der Waals surface area contributed by atoms with E-state index in [4.69, 9.17) is 4.74 Å². The van der Waals surface area contributed by atoms with E-state index >= 15 is 0 Å². The minimum Gasteiger partial charge on any atom is -0.379 e. The van der Waals surface area contributed by atoms with Gasteiger partial charge in [0, 0.05) is 12.6 Å². The average Bonchev–Trinajstić information content (AvgIpc) is 2.72. The second kappa shape index (κ2) is 5.13. The number of fused-ring (bicyclic) bond motifs is 2. The minimum atomic E-state index is 0.362. The zero-order valence-corrected chi connectivity index (χ0v) is 12.9. The first-order valence-electron chi connectivity index (χ1n) is 7.71. The van der Waals surface area contributed by atoms with Gasteiger partial charge < -0.3 is 10.1 Å². The molecule has 2 bridgehead atoms. The van der Waals surface area contributed by atoms with E-state index in [0.717, 1.165) is 25.5 Å². The van der Waals surface area contributed by atoms with Crippen molar-refractivity contribution in [2.45, 2.75) is 72.4 Å². The highest BCUT2D eigenvalue weighted by atomic mass is 16.5. The summed E-state index contributed by atoms with van der Waals surface area (Å²) in [6.07, 6.45) is 5.78. The van der Waals surface area contributed by atoms with Crippen LogP contribution in [0, 0.1) is 16.7 Å². The van der Waals surface area contributed by atoms with Gasteiger partial charge in [0.1, 0.15) is 0 Å². The van der Waals surface area contributed by atoms with Crippen LogP contribution in [0.1, 0.15) is 60.3 Å². The van der Waals surface area contributed by atoms with Crippen molar-refractivity contribution in [3.8, 4) is 0 Å². The van der Waals surface area contributed by atoms with Crippen molar-refractivity contribution >= 4 is 0 Å². The Morgan fingerprint density at radius 2 is 2.00 bits per heavy atom. The van der Waals surface area contributed by atoms with Crippen molar-refractivity contribution in [3.05, 3.63) is 0 Å². The van der Waals surface area contributed by atoms with E-state index in [1.165, 1.54) is 19.3 Å². The summed E-state index contributed by atoms with van der Waals surface area (Å²) in [4.78, 5) is 0. The molecule has 0 heterocycles. The van der Waals surface area contributed by atoms with E-state index < -0.39 is 0 Å². The lowest BCUT2D eigenvalue weighted by atomic mass is 9.68. The second-order valence-corrected chi connectivity index (χ2v) is 7.58. The summed E-state index contributed by atoms with van der Waals surface area (Å²) >= 11 is 0. The molecule has 2 fully saturated rings. The smallest absolute Gasteiger partial charge is 0.0518 e. The average molecular weight is 253 g/mol. The summed E-state index contributed by atoms with van der Waals surface area (Å²) in [5.74, 6) is 0.937. The molecule has 3 atom stereocenters. The first-order valence-corrected chi connectivity index (χ1v) is 7.71. The Morgan fingerprint density at radius 3 is 2.56 bits per heavy atom. The van der Waals surface area contributed by atoms with Crippen molar-refractivity contribution < 1.29 is 4.74 Å². The summed E-state index contributed by atoms with van der Waals surface area (Å²) in [7, 11) is 0. The molecule has 1 N–H and O–H groups in total. The fourth-order valence-electron chi connectivity index (χ4n) is 4.45. The molecule has 0 aliphatic heterocycles. The van der Waals surface area contributed by atoms with Gasteiger partial charge >= 0.3 is 0 Å². The highest BCUT2D eigenvalue weighted by molar-refractivity contribution is 5.11. The SMILES string of the molecule is CC(C)OCCCNC1C(C)(C)[C@H]2CC[C@]1(C)C2. The second-order valence-electron chi connectivity index (χ2n) is 7.58. The van der Waals surface area contributed by atoms with Crippen LogP contribution in [0.25, 0.3) is 0 Å². The van der Waals surface area contributed by atoms with Crippen LogP contribution in [0.2, 0.25) is 0 Å². The molecule has 106 valence electrons. The van der Waals surface area contributed by atoms with Crippen molar-refractivity contribution in [1.29, 1.82) is 0 Å². The van der Waals surface area contributed by atoms with E-state index in [1.807, 2.05) is 0 Å². The van der Waals surface area contributed by atoms with Gasteiger partial charge in [0.05, 0.1) is 6.10 Å². The van der Waals surface area contributed by atoms with Crippen LogP contribution in [-0.4, -0.2) is 25.3 Å². The third-order valence-electron chi connectivity index (χ3n) is 5.39. The molecule has 2 heteroatoms. The molecule has 18 heavy (non-hydrogen) atoms. The molecule has 2 aliphatic carbocycles. The van der Waals surface area contributed by atoms with Gasteiger partial charge in [0.15, 0.2) is 0 Å². The van der Waals surface area contributed by atoms with Gasteiger partial charge in [-0.1, -0.05) is 20.8 Å². The maximum absolute atomic E-state index is 5.61. The fraction of sp³-hybridized carbons (Fsp3) is 1.00. The Hall–Kier alpha value is -0.0800. The van der Waals surface area contributed by atoms with Crippen LogP contribution in [0.15, 0.2) is 0 Å². The molecular weight excluding hydrogens is 222 g/mol. The Morgan fingerprint density at radius 1 is 1.28 bits per heavy atom. The third kappa shape index (κ3) is 2.60. The zero-order valence-electron chi connectivity index (χ0n) is 12.9. The predicted molar refractivity (Wildman–Crippen MR) is 76.7 cm³/mol. The van der Waals surface area contributed by atoms with Crippen LogP contribution in [-0.2, 0) is 4.74 Å². The maximum Gasteiger partial charge on any atom is 0.0518 e. The van der Waals surface area contributed by atoms with Crippen molar-refractivity contribution in [1.82, 2.24) is 5.32 Å². The zero-order chi connectivity index (χ0) is 13.4. The molecular formula is C16H31NO. The monoisotopic (exact) mass is 253 g/mol. The molecule has 0 aromatic heterocycles. The van der Waals surface area contributed by atoms with Crippen LogP contribution in [0.4, 0.5) is 0 Å². The third-order valence-corrected chi connectivity index (χ3v) is 5.39. The summed E-state index contributed by atoms with van der Waals surface area (Å²) in [6, 6.07) is 0.697. The summed E-state index contributed by atoms with van der Waals surface area (Å²) in [5.41, 5.74) is 1.03. The van der Waals surface area contributed by atoms with Crippen LogP contribution >= 0.6 is 0 Å². The molecule has 0 radical (unpaired) electrons. The lowest BCUT2D eigenvalue weighted by Crippen LogP contribution is -2.50. The van der Waals surface area contributed by atoms with Gasteiger partial charge in [-0.2, -0.15) is 0 Å². The van der Waals surface area contributed by atoms with Crippen LogP contribution in [0.3, 0.4) is 0 Å². The van der Waals surface area contributed by atoms with E-state index in [1.54, 1.807) is 0 Å². The molecule has 2 nitrogen and oxygen atoms in total. The van der Waals surface area contributed by atoms with Gasteiger partial charge in [0.25, 0.3) is 0 Å². The molecule has 0 aromatic rings. The normalized spacial score (nSPS) is 37.7. The lowest BCUT2D eigenvalue weighted by molar-refractivity contribution is 0.0702. The van der Waals surface area contributed by atoms with Crippen molar-refractivity contribution in [2.24, 2.45) is 16.7 Å². The van der Waals surface area contributed by atoms with Gasteiger partial charge in [-0.05, 0) is 62.8 Å². The fourth-order valence-corrected chi connectivity index (χ4v) is 4.45.